The molecule has 0 bridgehead atoms. The first-order valence-electron chi connectivity index (χ1n) is 10.0. The highest BCUT2D eigenvalue weighted by Gasteiger charge is 2.30. The van der Waals surface area contributed by atoms with Gasteiger partial charge in [-0.1, -0.05) is 12.1 Å². The van der Waals surface area contributed by atoms with Gasteiger partial charge < -0.3 is 14.1 Å². The van der Waals surface area contributed by atoms with E-state index in [0.29, 0.717) is 5.76 Å². The topological polar surface area (TPSA) is 45.9 Å². The Kier molecular flexibility index (Phi) is 5.48. The van der Waals surface area contributed by atoms with Crippen molar-refractivity contribution in [3.05, 3.63) is 53.5 Å². The molecular formula is C22H28N2O3. The molecule has 27 heavy (non-hydrogen) atoms. The van der Waals surface area contributed by atoms with Crippen LogP contribution >= 0.6 is 0 Å². The van der Waals surface area contributed by atoms with Crippen molar-refractivity contribution in [2.75, 3.05) is 26.7 Å². The third-order valence-electron chi connectivity index (χ3n) is 5.69. The molecule has 3 heterocycles. The Hall–Kier alpha value is -2.27. The van der Waals surface area contributed by atoms with Crippen LogP contribution in [-0.4, -0.2) is 42.5 Å². The molecule has 1 amide bonds. The highest BCUT2D eigenvalue weighted by atomic mass is 16.5. The fourth-order valence-electron chi connectivity index (χ4n) is 4.25. The molecule has 1 aromatic carbocycles. The fourth-order valence-corrected chi connectivity index (χ4v) is 4.25. The molecule has 2 saturated heterocycles. The summed E-state index contributed by atoms with van der Waals surface area (Å²) >= 11 is 0. The van der Waals surface area contributed by atoms with E-state index in [9.17, 15) is 4.79 Å². The van der Waals surface area contributed by atoms with Gasteiger partial charge in [0.25, 0.3) is 5.91 Å². The van der Waals surface area contributed by atoms with Gasteiger partial charge in [-0.2, -0.15) is 0 Å². The van der Waals surface area contributed by atoms with Crippen LogP contribution in [0.25, 0.3) is 0 Å². The zero-order valence-electron chi connectivity index (χ0n) is 16.0. The maximum atomic E-state index is 13.2. The van der Waals surface area contributed by atoms with E-state index < -0.39 is 0 Å². The maximum absolute atomic E-state index is 13.2. The summed E-state index contributed by atoms with van der Waals surface area (Å²) in [5.74, 6) is 2.17. The number of nitrogens with zero attached hydrogens (tertiary/aromatic N) is 2. The second-order valence-electron chi connectivity index (χ2n) is 7.54. The largest absolute Gasteiger partial charge is 0.497 e. The first-order chi connectivity index (χ1) is 13.2. The Morgan fingerprint density at radius 2 is 1.93 bits per heavy atom. The molecule has 2 aliphatic heterocycles. The predicted molar refractivity (Wildman–Crippen MR) is 104 cm³/mol. The van der Waals surface area contributed by atoms with Crippen LogP contribution in [0.3, 0.4) is 0 Å². The molecule has 2 aromatic rings. The first kappa shape index (κ1) is 18.1. The second-order valence-corrected chi connectivity index (χ2v) is 7.54. The summed E-state index contributed by atoms with van der Waals surface area (Å²) < 4.78 is 11.3. The number of amides is 1. The van der Waals surface area contributed by atoms with Crippen molar-refractivity contribution in [3.63, 3.8) is 0 Å². The number of likely N-dealkylation sites (tertiary alicyclic amines) is 2. The van der Waals surface area contributed by atoms with E-state index in [0.717, 1.165) is 62.5 Å². The van der Waals surface area contributed by atoms with Crippen molar-refractivity contribution in [2.24, 2.45) is 0 Å². The summed E-state index contributed by atoms with van der Waals surface area (Å²) in [5.41, 5.74) is 1.13. The lowest BCUT2D eigenvalue weighted by molar-refractivity contribution is 0.0575. The minimum absolute atomic E-state index is 0.00445. The highest BCUT2D eigenvalue weighted by Crippen LogP contribution is 2.34. The fraction of sp³-hybridized carbons (Fsp3) is 0.500. The van der Waals surface area contributed by atoms with E-state index >= 15 is 0 Å². The van der Waals surface area contributed by atoms with E-state index in [1.807, 2.05) is 35.2 Å². The number of hydrogen-bond acceptors (Lipinski definition) is 4. The molecule has 5 heteroatoms. The summed E-state index contributed by atoms with van der Waals surface area (Å²) in [6.45, 7) is 3.80. The molecule has 0 N–H and O–H groups in total. The lowest BCUT2D eigenvalue weighted by Crippen LogP contribution is -2.38. The Morgan fingerprint density at radius 3 is 2.74 bits per heavy atom. The van der Waals surface area contributed by atoms with Crippen LogP contribution in [0, 0.1) is 0 Å². The third kappa shape index (κ3) is 4.03. The molecule has 0 spiro atoms. The van der Waals surface area contributed by atoms with E-state index in [4.69, 9.17) is 9.15 Å². The van der Waals surface area contributed by atoms with Crippen LogP contribution in [0.1, 0.15) is 60.0 Å². The van der Waals surface area contributed by atoms with E-state index in [1.54, 1.807) is 7.11 Å². The van der Waals surface area contributed by atoms with E-state index in [-0.39, 0.29) is 11.9 Å². The molecule has 144 valence electrons. The van der Waals surface area contributed by atoms with Gasteiger partial charge in [0.1, 0.15) is 11.5 Å². The molecule has 0 saturated carbocycles. The number of piperidine rings is 1. The van der Waals surface area contributed by atoms with Crippen molar-refractivity contribution >= 4 is 5.91 Å². The minimum atomic E-state index is -0.00445. The van der Waals surface area contributed by atoms with Gasteiger partial charge >= 0.3 is 0 Å². The van der Waals surface area contributed by atoms with E-state index in [2.05, 4.69) is 11.0 Å². The lowest BCUT2D eigenvalue weighted by atomic mass is 9.95. The average Bonchev–Trinajstić information content (AvgIpc) is 3.40. The number of furan rings is 1. The molecule has 4 rings (SSSR count). The van der Waals surface area contributed by atoms with Gasteiger partial charge in [0, 0.05) is 6.54 Å². The van der Waals surface area contributed by atoms with Crippen molar-refractivity contribution in [1.29, 1.82) is 0 Å². The van der Waals surface area contributed by atoms with Crippen molar-refractivity contribution in [1.82, 2.24) is 9.80 Å². The van der Waals surface area contributed by atoms with Gasteiger partial charge in [0.2, 0.25) is 0 Å². The Bertz CT molecular complexity index is 779. The maximum Gasteiger partial charge on any atom is 0.290 e. The van der Waals surface area contributed by atoms with Crippen LogP contribution < -0.4 is 4.74 Å². The van der Waals surface area contributed by atoms with Crippen LogP contribution in [0.2, 0.25) is 0 Å². The van der Waals surface area contributed by atoms with Crippen molar-refractivity contribution in [2.45, 2.75) is 44.7 Å². The number of carbonyl (C=O) groups is 1. The SMILES string of the molecule is COc1cccc([C@@H]2CCCCN2C(=O)c2ccc(CN3CCCC3)o2)c1. The number of methoxy groups -OCH3 is 1. The van der Waals surface area contributed by atoms with Crippen LogP contribution in [0.4, 0.5) is 0 Å². The normalized spacial score (nSPS) is 20.8. The van der Waals surface area contributed by atoms with Gasteiger partial charge in [0.05, 0.1) is 19.7 Å². The summed E-state index contributed by atoms with van der Waals surface area (Å²) in [5, 5.41) is 0. The number of benzene rings is 1. The van der Waals surface area contributed by atoms with Gasteiger partial charge in [0.15, 0.2) is 5.76 Å². The summed E-state index contributed by atoms with van der Waals surface area (Å²) in [7, 11) is 1.67. The standard InChI is InChI=1S/C22H28N2O3/c1-26-18-8-6-7-17(15-18)20-9-2-3-14-24(20)22(25)21-11-10-19(27-21)16-23-12-4-5-13-23/h6-8,10-11,15,20H,2-5,9,12-14,16H2,1H3/t20-/m0/s1. The number of hydrogen-bond donors (Lipinski definition) is 0. The lowest BCUT2D eigenvalue weighted by Gasteiger charge is -2.35. The summed E-state index contributed by atoms with van der Waals surface area (Å²) in [6, 6.07) is 11.9. The Morgan fingerprint density at radius 1 is 1.11 bits per heavy atom. The molecule has 1 atom stereocenters. The minimum Gasteiger partial charge on any atom is -0.497 e. The zero-order chi connectivity index (χ0) is 18.6. The molecular weight excluding hydrogens is 340 g/mol. The monoisotopic (exact) mass is 368 g/mol. The van der Waals surface area contributed by atoms with Crippen molar-refractivity contribution in [3.8, 4) is 5.75 Å². The molecule has 0 unspecified atom stereocenters. The van der Waals surface area contributed by atoms with Crippen LogP contribution in [-0.2, 0) is 6.54 Å². The van der Waals surface area contributed by atoms with E-state index in [1.165, 1.54) is 12.8 Å². The third-order valence-corrected chi connectivity index (χ3v) is 5.69. The number of carbonyl (C=O) groups excluding carboxylic acids is 1. The molecule has 0 radical (unpaired) electrons. The predicted octanol–water partition coefficient (Wildman–Crippen LogP) is 4.25. The van der Waals surface area contributed by atoms with Gasteiger partial charge in [-0.15, -0.1) is 0 Å². The molecule has 2 fully saturated rings. The molecule has 1 aromatic heterocycles. The highest BCUT2D eigenvalue weighted by molar-refractivity contribution is 5.92. The molecule has 5 nitrogen and oxygen atoms in total. The Balaban J connectivity index is 1.51. The zero-order valence-corrected chi connectivity index (χ0v) is 16.0. The quantitative estimate of drug-likeness (QED) is 0.791. The first-order valence-corrected chi connectivity index (χ1v) is 10.0. The van der Waals surface area contributed by atoms with Gasteiger partial charge in [-0.3, -0.25) is 9.69 Å². The average molecular weight is 368 g/mol. The van der Waals surface area contributed by atoms with Crippen LogP contribution in [0.15, 0.2) is 40.8 Å². The van der Waals surface area contributed by atoms with Crippen LogP contribution in [0.5, 0.6) is 5.75 Å². The van der Waals surface area contributed by atoms with Gasteiger partial charge in [-0.05, 0) is 75.0 Å². The van der Waals surface area contributed by atoms with Gasteiger partial charge in [-0.25, -0.2) is 0 Å². The Labute approximate surface area is 160 Å². The summed E-state index contributed by atoms with van der Waals surface area (Å²) in [6.07, 6.45) is 5.64. The number of rotatable bonds is 5. The van der Waals surface area contributed by atoms with Crippen molar-refractivity contribution < 1.29 is 13.9 Å². The molecule has 0 aliphatic carbocycles. The second kappa shape index (κ2) is 8.17. The number of ether oxygens (including phenoxy) is 1. The molecule has 2 aliphatic rings. The smallest absolute Gasteiger partial charge is 0.290 e. The summed E-state index contributed by atoms with van der Waals surface area (Å²) in [4.78, 5) is 17.5.